The van der Waals surface area contributed by atoms with E-state index in [0.29, 0.717) is 0 Å². The number of ether oxygens (including phenoxy) is 1. The van der Waals surface area contributed by atoms with E-state index in [1.807, 2.05) is 13.1 Å². The molecule has 0 radical (unpaired) electrons. The third-order valence-corrected chi connectivity index (χ3v) is 3.65. The first-order valence-electron chi connectivity index (χ1n) is 7.06. The first-order chi connectivity index (χ1) is 9.88. The van der Waals surface area contributed by atoms with Gasteiger partial charge in [-0.05, 0) is 24.7 Å². The zero-order chi connectivity index (χ0) is 13.8. The van der Waals surface area contributed by atoms with Gasteiger partial charge in [-0.1, -0.05) is 36.4 Å². The highest BCUT2D eigenvalue weighted by atomic mass is 16.5. The van der Waals surface area contributed by atoms with Crippen molar-refractivity contribution in [3.63, 3.8) is 0 Å². The number of para-hydroxylation sites is 2. The van der Waals surface area contributed by atoms with Gasteiger partial charge in [0.2, 0.25) is 0 Å². The molecule has 0 aromatic heterocycles. The second-order valence-electron chi connectivity index (χ2n) is 5.04. The molecule has 3 heteroatoms. The number of hydrogen-bond acceptors (Lipinski definition) is 3. The topological polar surface area (TPSA) is 24.5 Å². The molecule has 3 rings (SSSR count). The Balaban J connectivity index is 1.91. The van der Waals surface area contributed by atoms with Gasteiger partial charge in [0.15, 0.2) is 0 Å². The number of nitrogens with zero attached hydrogens (tertiary/aromatic N) is 1. The predicted molar refractivity (Wildman–Crippen MR) is 82.2 cm³/mol. The third-order valence-electron chi connectivity index (χ3n) is 3.65. The average Bonchev–Trinajstić information content (AvgIpc) is 2.70. The maximum atomic E-state index is 5.84. The SMILES string of the molecule is CNCc1ccccc1N1CCOc2ccccc2C1. The Labute approximate surface area is 120 Å². The highest BCUT2D eigenvalue weighted by Crippen LogP contribution is 2.28. The molecule has 20 heavy (non-hydrogen) atoms. The van der Waals surface area contributed by atoms with E-state index < -0.39 is 0 Å². The standard InChI is InChI=1S/C17H20N2O/c1-18-12-14-6-2-4-8-16(14)19-10-11-20-17-9-5-3-7-15(17)13-19/h2-9,18H,10-13H2,1H3. The molecule has 0 unspecified atom stereocenters. The lowest BCUT2D eigenvalue weighted by molar-refractivity contribution is 0.331. The van der Waals surface area contributed by atoms with Gasteiger partial charge in [-0.2, -0.15) is 0 Å². The fraction of sp³-hybridized carbons (Fsp3) is 0.294. The van der Waals surface area contributed by atoms with Crippen molar-refractivity contribution in [1.29, 1.82) is 0 Å². The van der Waals surface area contributed by atoms with Crippen molar-refractivity contribution >= 4 is 5.69 Å². The van der Waals surface area contributed by atoms with E-state index in [2.05, 4.69) is 52.7 Å². The molecule has 1 aliphatic heterocycles. The summed E-state index contributed by atoms with van der Waals surface area (Å²) in [5.41, 5.74) is 3.88. The smallest absolute Gasteiger partial charge is 0.124 e. The zero-order valence-corrected chi connectivity index (χ0v) is 11.8. The van der Waals surface area contributed by atoms with Crippen LogP contribution in [0.15, 0.2) is 48.5 Å². The van der Waals surface area contributed by atoms with E-state index in [1.54, 1.807) is 0 Å². The lowest BCUT2D eigenvalue weighted by Gasteiger charge is -2.25. The summed E-state index contributed by atoms with van der Waals surface area (Å²) in [7, 11) is 1.98. The maximum Gasteiger partial charge on any atom is 0.124 e. The molecule has 3 nitrogen and oxygen atoms in total. The molecule has 0 saturated carbocycles. The summed E-state index contributed by atoms with van der Waals surface area (Å²) in [6, 6.07) is 16.9. The van der Waals surface area contributed by atoms with E-state index >= 15 is 0 Å². The maximum absolute atomic E-state index is 5.84. The molecule has 0 aliphatic carbocycles. The second-order valence-corrected chi connectivity index (χ2v) is 5.04. The predicted octanol–water partition coefficient (Wildman–Crippen LogP) is 2.81. The van der Waals surface area contributed by atoms with E-state index in [9.17, 15) is 0 Å². The monoisotopic (exact) mass is 268 g/mol. The van der Waals surface area contributed by atoms with Gasteiger partial charge in [-0.15, -0.1) is 0 Å². The van der Waals surface area contributed by atoms with Crippen molar-refractivity contribution in [3.05, 3.63) is 59.7 Å². The Hall–Kier alpha value is -2.00. The molecular weight excluding hydrogens is 248 g/mol. The van der Waals surface area contributed by atoms with Gasteiger partial charge in [0.05, 0.1) is 6.54 Å². The van der Waals surface area contributed by atoms with Crippen molar-refractivity contribution in [2.24, 2.45) is 0 Å². The van der Waals surface area contributed by atoms with Gasteiger partial charge >= 0.3 is 0 Å². The van der Waals surface area contributed by atoms with Gasteiger partial charge in [-0.3, -0.25) is 0 Å². The zero-order valence-electron chi connectivity index (χ0n) is 11.8. The molecule has 2 aromatic rings. The number of nitrogens with one attached hydrogen (secondary N) is 1. The average molecular weight is 268 g/mol. The van der Waals surface area contributed by atoms with E-state index in [-0.39, 0.29) is 0 Å². The minimum atomic E-state index is 0.727. The van der Waals surface area contributed by atoms with Gasteiger partial charge in [0.1, 0.15) is 12.4 Å². The van der Waals surface area contributed by atoms with Crippen LogP contribution in [0.3, 0.4) is 0 Å². The Morgan fingerprint density at radius 1 is 1.10 bits per heavy atom. The normalized spacial score (nSPS) is 14.3. The lowest BCUT2D eigenvalue weighted by atomic mass is 10.1. The summed E-state index contributed by atoms with van der Waals surface area (Å²) in [5.74, 6) is 1.01. The molecule has 1 N–H and O–H groups in total. The number of fused-ring (bicyclic) bond motifs is 1. The largest absolute Gasteiger partial charge is 0.491 e. The molecule has 1 aliphatic rings. The summed E-state index contributed by atoms with van der Waals surface area (Å²) >= 11 is 0. The molecule has 0 atom stereocenters. The summed E-state index contributed by atoms with van der Waals surface area (Å²) < 4.78 is 5.84. The number of anilines is 1. The molecule has 1 heterocycles. The van der Waals surface area contributed by atoms with Crippen molar-refractivity contribution in [1.82, 2.24) is 5.32 Å². The third kappa shape index (κ3) is 2.63. The Morgan fingerprint density at radius 2 is 1.90 bits per heavy atom. The first-order valence-corrected chi connectivity index (χ1v) is 7.06. The summed E-state index contributed by atoms with van der Waals surface area (Å²) in [6.07, 6.45) is 0. The second kappa shape index (κ2) is 5.97. The van der Waals surface area contributed by atoms with Crippen LogP contribution in [-0.4, -0.2) is 20.2 Å². The van der Waals surface area contributed by atoms with Crippen molar-refractivity contribution < 1.29 is 4.74 Å². The van der Waals surface area contributed by atoms with Gasteiger partial charge < -0.3 is 15.0 Å². The van der Waals surface area contributed by atoms with Crippen molar-refractivity contribution in [3.8, 4) is 5.75 Å². The van der Waals surface area contributed by atoms with Crippen molar-refractivity contribution in [2.45, 2.75) is 13.1 Å². The molecular formula is C17H20N2O. The van der Waals surface area contributed by atoms with Crippen LogP contribution in [0.5, 0.6) is 5.75 Å². The quantitative estimate of drug-likeness (QED) is 0.926. The minimum absolute atomic E-state index is 0.727. The van der Waals surface area contributed by atoms with E-state index in [4.69, 9.17) is 4.74 Å². The minimum Gasteiger partial charge on any atom is -0.491 e. The van der Waals surface area contributed by atoms with E-state index in [0.717, 1.165) is 32.0 Å². The van der Waals surface area contributed by atoms with Crippen LogP contribution in [0, 0.1) is 0 Å². The van der Waals surface area contributed by atoms with Crippen molar-refractivity contribution in [2.75, 3.05) is 25.1 Å². The van der Waals surface area contributed by atoms with Crippen LogP contribution in [0.1, 0.15) is 11.1 Å². The molecule has 0 spiro atoms. The number of hydrogen-bond donors (Lipinski definition) is 1. The summed E-state index contributed by atoms with van der Waals surface area (Å²) in [5, 5.41) is 3.24. The van der Waals surface area contributed by atoms with Crippen LogP contribution >= 0.6 is 0 Å². The molecule has 0 amide bonds. The van der Waals surface area contributed by atoms with Crippen LogP contribution < -0.4 is 15.0 Å². The fourth-order valence-corrected chi connectivity index (χ4v) is 2.69. The van der Waals surface area contributed by atoms with Crippen LogP contribution in [0.4, 0.5) is 5.69 Å². The highest BCUT2D eigenvalue weighted by molar-refractivity contribution is 5.55. The Morgan fingerprint density at radius 3 is 2.80 bits per heavy atom. The van der Waals surface area contributed by atoms with Gasteiger partial charge in [-0.25, -0.2) is 0 Å². The van der Waals surface area contributed by atoms with Crippen LogP contribution in [-0.2, 0) is 13.1 Å². The number of rotatable bonds is 3. The Bertz CT molecular complexity index is 583. The molecule has 0 saturated heterocycles. The molecule has 0 bridgehead atoms. The first kappa shape index (κ1) is 13.0. The van der Waals surface area contributed by atoms with Gasteiger partial charge in [0.25, 0.3) is 0 Å². The molecule has 0 fully saturated rings. The van der Waals surface area contributed by atoms with Crippen LogP contribution in [0.25, 0.3) is 0 Å². The van der Waals surface area contributed by atoms with E-state index in [1.165, 1.54) is 16.8 Å². The van der Waals surface area contributed by atoms with Gasteiger partial charge in [0, 0.05) is 24.3 Å². The number of benzene rings is 2. The lowest BCUT2D eigenvalue weighted by Crippen LogP contribution is -2.26. The molecule has 104 valence electrons. The molecule has 2 aromatic carbocycles. The fourth-order valence-electron chi connectivity index (χ4n) is 2.69. The Kier molecular flexibility index (Phi) is 3.88. The summed E-state index contributed by atoms with van der Waals surface area (Å²) in [6.45, 7) is 3.42. The van der Waals surface area contributed by atoms with Crippen LogP contribution in [0.2, 0.25) is 0 Å². The highest BCUT2D eigenvalue weighted by Gasteiger charge is 2.17. The summed E-state index contributed by atoms with van der Waals surface area (Å²) in [4.78, 5) is 2.40.